The molecule has 2 aromatic rings. The molecule has 0 radical (unpaired) electrons. The van der Waals surface area contributed by atoms with E-state index in [1.165, 1.54) is 12.1 Å². The molecule has 0 unspecified atom stereocenters. The van der Waals surface area contributed by atoms with Crippen molar-refractivity contribution in [3.8, 4) is 0 Å². The fraction of sp³-hybridized carbons (Fsp3) is 0.0714. The van der Waals surface area contributed by atoms with Gasteiger partial charge in [-0.3, -0.25) is 4.79 Å². The van der Waals surface area contributed by atoms with Gasteiger partial charge in [-0.2, -0.15) is 0 Å². The normalized spacial score (nSPS) is 10.3. The van der Waals surface area contributed by atoms with E-state index in [-0.39, 0.29) is 10.6 Å². The molecule has 0 spiro atoms. The molecule has 2 rings (SSSR count). The minimum absolute atomic E-state index is 0.256. The lowest BCUT2D eigenvalue weighted by Gasteiger charge is -2.10. The highest BCUT2D eigenvalue weighted by Gasteiger charge is 2.13. The fourth-order valence-electron chi connectivity index (χ4n) is 1.63. The van der Waals surface area contributed by atoms with Crippen LogP contribution >= 0.6 is 23.2 Å². The largest absolute Gasteiger partial charge is 0.321 e. The second kappa shape index (κ2) is 5.59. The molecule has 0 aromatic heterocycles. The minimum Gasteiger partial charge on any atom is -0.321 e. The molecule has 1 amide bonds. The Morgan fingerprint density at radius 1 is 1.21 bits per heavy atom. The molecule has 0 fully saturated rings. The SMILES string of the molecule is Cc1ccc(F)cc1C(=O)Nc1cccc(Cl)c1Cl. The Labute approximate surface area is 120 Å². The van der Waals surface area contributed by atoms with Gasteiger partial charge in [0.2, 0.25) is 0 Å². The highest BCUT2D eigenvalue weighted by atomic mass is 35.5. The van der Waals surface area contributed by atoms with Crippen LogP contribution in [0.25, 0.3) is 0 Å². The molecule has 0 aliphatic rings. The number of halogens is 3. The van der Waals surface area contributed by atoms with Gasteiger partial charge in [-0.15, -0.1) is 0 Å². The van der Waals surface area contributed by atoms with E-state index >= 15 is 0 Å². The van der Waals surface area contributed by atoms with Gasteiger partial charge in [0.05, 0.1) is 15.7 Å². The smallest absolute Gasteiger partial charge is 0.256 e. The number of carbonyl (C=O) groups is 1. The van der Waals surface area contributed by atoms with E-state index in [4.69, 9.17) is 23.2 Å². The maximum absolute atomic E-state index is 13.2. The lowest BCUT2D eigenvalue weighted by molar-refractivity contribution is 0.102. The van der Waals surface area contributed by atoms with E-state index in [0.29, 0.717) is 16.3 Å². The molecule has 0 aliphatic heterocycles. The Kier molecular flexibility index (Phi) is 4.08. The zero-order chi connectivity index (χ0) is 14.0. The average molecular weight is 298 g/mol. The van der Waals surface area contributed by atoms with Crippen LogP contribution in [0, 0.1) is 12.7 Å². The third kappa shape index (κ3) is 3.06. The van der Waals surface area contributed by atoms with Gasteiger partial charge in [-0.25, -0.2) is 4.39 Å². The van der Waals surface area contributed by atoms with Gasteiger partial charge in [0.1, 0.15) is 5.82 Å². The molecule has 2 aromatic carbocycles. The van der Waals surface area contributed by atoms with E-state index in [1.54, 1.807) is 31.2 Å². The van der Waals surface area contributed by atoms with Crippen molar-refractivity contribution >= 4 is 34.8 Å². The summed E-state index contributed by atoms with van der Waals surface area (Å²) in [6.45, 7) is 1.73. The van der Waals surface area contributed by atoms with Crippen LogP contribution in [0.1, 0.15) is 15.9 Å². The third-order valence-electron chi connectivity index (χ3n) is 2.64. The van der Waals surface area contributed by atoms with E-state index in [9.17, 15) is 9.18 Å². The van der Waals surface area contributed by atoms with Gasteiger partial charge in [-0.1, -0.05) is 35.3 Å². The Hall–Kier alpha value is -1.58. The van der Waals surface area contributed by atoms with Gasteiger partial charge in [0, 0.05) is 5.56 Å². The van der Waals surface area contributed by atoms with Crippen molar-refractivity contribution < 1.29 is 9.18 Å². The average Bonchev–Trinajstić information content (AvgIpc) is 2.38. The molecule has 98 valence electrons. The third-order valence-corrected chi connectivity index (χ3v) is 3.46. The van der Waals surface area contributed by atoms with E-state index in [2.05, 4.69) is 5.32 Å². The van der Waals surface area contributed by atoms with Crippen LogP contribution in [-0.4, -0.2) is 5.91 Å². The predicted octanol–water partition coefficient (Wildman–Crippen LogP) is 4.69. The summed E-state index contributed by atoms with van der Waals surface area (Å²) in [5, 5.41) is 3.21. The van der Waals surface area contributed by atoms with Crippen molar-refractivity contribution in [2.45, 2.75) is 6.92 Å². The standard InChI is InChI=1S/C14H10Cl2FNO/c1-8-5-6-9(17)7-10(8)14(19)18-12-4-2-3-11(15)13(12)16/h2-7H,1H3,(H,18,19). The summed E-state index contributed by atoms with van der Waals surface area (Å²) < 4.78 is 13.2. The molecule has 0 saturated heterocycles. The van der Waals surface area contributed by atoms with Crippen LogP contribution in [0.2, 0.25) is 10.0 Å². The van der Waals surface area contributed by atoms with Gasteiger partial charge < -0.3 is 5.32 Å². The number of hydrogen-bond acceptors (Lipinski definition) is 1. The van der Waals surface area contributed by atoms with Crippen LogP contribution in [0.3, 0.4) is 0 Å². The first-order valence-corrected chi connectivity index (χ1v) is 6.26. The first-order valence-electron chi connectivity index (χ1n) is 5.50. The number of nitrogens with one attached hydrogen (secondary N) is 1. The molecule has 0 heterocycles. The molecule has 0 atom stereocenters. The maximum atomic E-state index is 13.2. The fourth-order valence-corrected chi connectivity index (χ4v) is 1.98. The van der Waals surface area contributed by atoms with Gasteiger partial charge >= 0.3 is 0 Å². The summed E-state index contributed by atoms with van der Waals surface area (Å²) in [6.07, 6.45) is 0. The zero-order valence-corrected chi connectivity index (χ0v) is 11.5. The quantitative estimate of drug-likeness (QED) is 0.856. The molecule has 19 heavy (non-hydrogen) atoms. The summed E-state index contributed by atoms with van der Waals surface area (Å²) in [5.74, 6) is -0.894. The molecular formula is C14H10Cl2FNO. The molecular weight excluding hydrogens is 288 g/mol. The minimum atomic E-state index is -0.465. The first kappa shape index (κ1) is 13.8. The van der Waals surface area contributed by atoms with E-state index < -0.39 is 11.7 Å². The van der Waals surface area contributed by atoms with Crippen LogP contribution < -0.4 is 5.32 Å². The van der Waals surface area contributed by atoms with Crippen LogP contribution in [0.15, 0.2) is 36.4 Å². The molecule has 1 N–H and O–H groups in total. The Morgan fingerprint density at radius 3 is 2.68 bits per heavy atom. The van der Waals surface area contributed by atoms with Gasteiger partial charge in [0.15, 0.2) is 0 Å². The maximum Gasteiger partial charge on any atom is 0.256 e. The van der Waals surface area contributed by atoms with Crippen molar-refractivity contribution in [1.29, 1.82) is 0 Å². The highest BCUT2D eigenvalue weighted by molar-refractivity contribution is 6.44. The van der Waals surface area contributed by atoms with Crippen molar-refractivity contribution in [1.82, 2.24) is 0 Å². The number of carbonyl (C=O) groups excluding carboxylic acids is 1. The molecule has 0 aliphatic carbocycles. The first-order chi connectivity index (χ1) is 8.99. The Morgan fingerprint density at radius 2 is 1.95 bits per heavy atom. The van der Waals surface area contributed by atoms with Gasteiger partial charge in [0.25, 0.3) is 5.91 Å². The predicted molar refractivity (Wildman–Crippen MR) is 75.6 cm³/mol. The zero-order valence-electron chi connectivity index (χ0n) is 10.0. The summed E-state index contributed by atoms with van der Waals surface area (Å²) in [5.41, 5.74) is 1.33. The Balaban J connectivity index is 2.31. The monoisotopic (exact) mass is 297 g/mol. The van der Waals surface area contributed by atoms with Crippen molar-refractivity contribution in [2.24, 2.45) is 0 Å². The lowest BCUT2D eigenvalue weighted by Crippen LogP contribution is -2.14. The molecule has 5 heteroatoms. The topological polar surface area (TPSA) is 29.1 Å². The van der Waals surface area contributed by atoms with Crippen LogP contribution in [-0.2, 0) is 0 Å². The summed E-state index contributed by atoms with van der Waals surface area (Å²) in [7, 11) is 0. The summed E-state index contributed by atoms with van der Waals surface area (Å²) >= 11 is 11.8. The lowest BCUT2D eigenvalue weighted by atomic mass is 10.1. The number of aryl methyl sites for hydroxylation is 1. The number of hydrogen-bond donors (Lipinski definition) is 1. The molecule has 0 saturated carbocycles. The van der Waals surface area contributed by atoms with E-state index in [0.717, 1.165) is 0 Å². The van der Waals surface area contributed by atoms with Crippen LogP contribution in [0.5, 0.6) is 0 Å². The van der Waals surface area contributed by atoms with Crippen molar-refractivity contribution in [3.63, 3.8) is 0 Å². The number of anilines is 1. The highest BCUT2D eigenvalue weighted by Crippen LogP contribution is 2.30. The number of amides is 1. The summed E-state index contributed by atoms with van der Waals surface area (Å²) in [6, 6.07) is 8.95. The molecule has 2 nitrogen and oxygen atoms in total. The number of benzene rings is 2. The van der Waals surface area contributed by atoms with Crippen LogP contribution in [0.4, 0.5) is 10.1 Å². The summed E-state index contributed by atoms with van der Waals surface area (Å²) in [4.78, 5) is 12.1. The second-order valence-corrected chi connectivity index (χ2v) is 4.80. The van der Waals surface area contributed by atoms with Crippen molar-refractivity contribution in [2.75, 3.05) is 5.32 Å². The Bertz CT molecular complexity index is 643. The molecule has 0 bridgehead atoms. The van der Waals surface area contributed by atoms with Gasteiger partial charge in [-0.05, 0) is 36.8 Å². The second-order valence-electron chi connectivity index (χ2n) is 4.01. The number of rotatable bonds is 2. The van der Waals surface area contributed by atoms with Crippen molar-refractivity contribution in [3.05, 3.63) is 63.4 Å². The van der Waals surface area contributed by atoms with E-state index in [1.807, 2.05) is 0 Å².